The Morgan fingerprint density at radius 1 is 1.00 bits per heavy atom. The van der Waals surface area contributed by atoms with Crippen molar-refractivity contribution in [2.75, 3.05) is 18.4 Å². The van der Waals surface area contributed by atoms with Gasteiger partial charge in [0.1, 0.15) is 6.04 Å². The third kappa shape index (κ3) is 4.02. The van der Waals surface area contributed by atoms with Gasteiger partial charge in [0.2, 0.25) is 5.91 Å². The number of carbonyl (C=O) groups is 1. The molecule has 126 valence electrons. The molecule has 4 nitrogen and oxygen atoms in total. The lowest BCUT2D eigenvalue weighted by Gasteiger charge is -2.39. The molecule has 24 heavy (non-hydrogen) atoms. The molecule has 1 aliphatic heterocycles. The minimum absolute atomic E-state index is 0.00583. The summed E-state index contributed by atoms with van der Waals surface area (Å²) in [5.74, 6) is -0.00583. The molecule has 3 atom stereocenters. The molecule has 3 rings (SSSR count). The molecule has 1 heterocycles. The van der Waals surface area contributed by atoms with Crippen molar-refractivity contribution in [3.8, 4) is 0 Å². The highest BCUT2D eigenvalue weighted by molar-refractivity contribution is 5.95. The average molecular weight is 324 g/mol. The second-order valence-corrected chi connectivity index (χ2v) is 6.38. The monoisotopic (exact) mass is 324 g/mol. The third-order valence-electron chi connectivity index (χ3n) is 4.22. The highest BCUT2D eigenvalue weighted by Crippen LogP contribution is 2.26. The number of hydrogen-bond donors (Lipinski definition) is 1. The van der Waals surface area contributed by atoms with Crippen molar-refractivity contribution in [3.63, 3.8) is 0 Å². The van der Waals surface area contributed by atoms with Gasteiger partial charge in [-0.1, -0.05) is 48.5 Å². The summed E-state index contributed by atoms with van der Waals surface area (Å²) >= 11 is 0. The highest BCUT2D eigenvalue weighted by atomic mass is 16.5. The van der Waals surface area contributed by atoms with Crippen LogP contribution in [0, 0.1) is 0 Å². The van der Waals surface area contributed by atoms with E-state index >= 15 is 0 Å². The molecule has 1 N–H and O–H groups in total. The van der Waals surface area contributed by atoms with Crippen molar-refractivity contribution in [2.45, 2.75) is 32.1 Å². The SMILES string of the molecule is C[C@@H]1CN([C@@H](C(=O)Nc2ccccc2)c2ccccc2)C[C@H](C)O1. The number of nitrogens with zero attached hydrogens (tertiary/aromatic N) is 1. The van der Waals surface area contributed by atoms with Crippen LogP contribution in [-0.4, -0.2) is 36.1 Å². The number of para-hydroxylation sites is 1. The summed E-state index contributed by atoms with van der Waals surface area (Å²) in [4.78, 5) is 15.2. The van der Waals surface area contributed by atoms with Crippen LogP contribution in [0.5, 0.6) is 0 Å². The van der Waals surface area contributed by atoms with E-state index in [1.165, 1.54) is 0 Å². The number of benzene rings is 2. The van der Waals surface area contributed by atoms with Crippen LogP contribution < -0.4 is 5.32 Å². The van der Waals surface area contributed by atoms with Gasteiger partial charge in [-0.2, -0.15) is 0 Å². The third-order valence-corrected chi connectivity index (χ3v) is 4.22. The minimum Gasteiger partial charge on any atom is -0.373 e. The van der Waals surface area contributed by atoms with Gasteiger partial charge in [0.15, 0.2) is 0 Å². The Bertz CT molecular complexity index is 650. The predicted molar refractivity (Wildman–Crippen MR) is 95.8 cm³/mol. The molecule has 0 unspecified atom stereocenters. The zero-order chi connectivity index (χ0) is 16.9. The zero-order valence-electron chi connectivity index (χ0n) is 14.2. The first-order valence-electron chi connectivity index (χ1n) is 8.44. The van der Waals surface area contributed by atoms with Gasteiger partial charge in [0, 0.05) is 18.8 Å². The summed E-state index contributed by atoms with van der Waals surface area (Å²) in [6.07, 6.45) is 0.231. The number of rotatable bonds is 4. The number of anilines is 1. The van der Waals surface area contributed by atoms with E-state index in [2.05, 4.69) is 24.1 Å². The summed E-state index contributed by atoms with van der Waals surface area (Å²) in [5, 5.41) is 3.05. The van der Waals surface area contributed by atoms with E-state index in [0.717, 1.165) is 24.3 Å². The lowest BCUT2D eigenvalue weighted by molar-refractivity contribution is -0.128. The maximum atomic E-state index is 13.0. The summed E-state index contributed by atoms with van der Waals surface area (Å²) in [5.41, 5.74) is 1.82. The van der Waals surface area contributed by atoms with Crippen molar-refractivity contribution in [1.29, 1.82) is 0 Å². The van der Waals surface area contributed by atoms with Crippen LogP contribution in [0.1, 0.15) is 25.5 Å². The van der Waals surface area contributed by atoms with Gasteiger partial charge in [0.05, 0.1) is 12.2 Å². The fourth-order valence-electron chi connectivity index (χ4n) is 3.32. The Balaban J connectivity index is 1.86. The molecule has 4 heteroatoms. The van der Waals surface area contributed by atoms with E-state index in [0.29, 0.717) is 0 Å². The number of nitrogens with one attached hydrogen (secondary N) is 1. The maximum Gasteiger partial charge on any atom is 0.246 e. The van der Waals surface area contributed by atoms with Gasteiger partial charge in [0.25, 0.3) is 0 Å². The Morgan fingerprint density at radius 3 is 2.12 bits per heavy atom. The minimum atomic E-state index is -0.319. The summed E-state index contributed by atoms with van der Waals surface area (Å²) < 4.78 is 5.83. The molecule has 0 bridgehead atoms. The average Bonchev–Trinajstić information content (AvgIpc) is 2.56. The molecule has 1 aliphatic rings. The maximum absolute atomic E-state index is 13.0. The first-order valence-corrected chi connectivity index (χ1v) is 8.44. The Morgan fingerprint density at radius 2 is 1.54 bits per heavy atom. The second kappa shape index (κ2) is 7.60. The van der Waals surface area contributed by atoms with E-state index in [4.69, 9.17) is 4.74 Å². The van der Waals surface area contributed by atoms with Gasteiger partial charge in [-0.3, -0.25) is 9.69 Å². The van der Waals surface area contributed by atoms with Gasteiger partial charge in [-0.05, 0) is 31.5 Å². The van der Waals surface area contributed by atoms with Crippen molar-refractivity contribution >= 4 is 11.6 Å². The van der Waals surface area contributed by atoms with Crippen molar-refractivity contribution in [1.82, 2.24) is 4.90 Å². The van der Waals surface area contributed by atoms with Crippen LogP contribution in [-0.2, 0) is 9.53 Å². The number of ether oxygens (including phenoxy) is 1. The molecule has 2 aromatic carbocycles. The standard InChI is InChI=1S/C20H24N2O2/c1-15-13-22(14-16(2)24-15)19(17-9-5-3-6-10-17)20(23)21-18-11-7-4-8-12-18/h3-12,15-16,19H,13-14H2,1-2H3,(H,21,23)/t15-,16+,19-/m1/s1. The van der Waals surface area contributed by atoms with Gasteiger partial charge in [-0.15, -0.1) is 0 Å². The molecule has 0 aliphatic carbocycles. The van der Waals surface area contributed by atoms with Crippen molar-refractivity contribution in [2.24, 2.45) is 0 Å². The predicted octanol–water partition coefficient (Wildman–Crippen LogP) is 3.48. The lowest BCUT2D eigenvalue weighted by Crippen LogP contribution is -2.49. The fraction of sp³-hybridized carbons (Fsp3) is 0.350. The Hall–Kier alpha value is -2.17. The van der Waals surface area contributed by atoms with Gasteiger partial charge < -0.3 is 10.1 Å². The molecule has 0 aromatic heterocycles. The highest BCUT2D eigenvalue weighted by Gasteiger charge is 2.33. The molecule has 0 spiro atoms. The van der Waals surface area contributed by atoms with E-state index in [-0.39, 0.29) is 24.2 Å². The topological polar surface area (TPSA) is 41.6 Å². The summed E-state index contributed by atoms with van der Waals surface area (Å²) in [7, 11) is 0. The zero-order valence-corrected chi connectivity index (χ0v) is 14.2. The van der Waals surface area contributed by atoms with Gasteiger partial charge >= 0.3 is 0 Å². The van der Waals surface area contributed by atoms with Crippen molar-refractivity contribution in [3.05, 3.63) is 66.2 Å². The fourth-order valence-corrected chi connectivity index (χ4v) is 3.32. The van der Waals surface area contributed by atoms with E-state index in [1.807, 2.05) is 60.7 Å². The van der Waals surface area contributed by atoms with Crippen LogP contribution in [0.2, 0.25) is 0 Å². The van der Waals surface area contributed by atoms with E-state index in [1.54, 1.807) is 0 Å². The molecule has 1 amide bonds. The quantitative estimate of drug-likeness (QED) is 0.936. The normalized spacial score (nSPS) is 22.8. The molecule has 1 fully saturated rings. The Labute approximate surface area is 143 Å². The van der Waals surface area contributed by atoms with Crippen LogP contribution in [0.15, 0.2) is 60.7 Å². The molecule has 0 radical (unpaired) electrons. The largest absolute Gasteiger partial charge is 0.373 e. The van der Waals surface area contributed by atoms with Crippen LogP contribution >= 0.6 is 0 Å². The molecule has 0 saturated carbocycles. The first-order chi connectivity index (χ1) is 11.6. The van der Waals surface area contributed by atoms with Crippen LogP contribution in [0.25, 0.3) is 0 Å². The van der Waals surface area contributed by atoms with E-state index in [9.17, 15) is 4.79 Å². The summed E-state index contributed by atoms with van der Waals surface area (Å²) in [6.45, 7) is 5.60. The van der Waals surface area contributed by atoms with Crippen LogP contribution in [0.4, 0.5) is 5.69 Å². The number of hydrogen-bond acceptors (Lipinski definition) is 3. The smallest absolute Gasteiger partial charge is 0.246 e. The van der Waals surface area contributed by atoms with Crippen LogP contribution in [0.3, 0.4) is 0 Å². The lowest BCUT2D eigenvalue weighted by atomic mass is 10.0. The number of amides is 1. The second-order valence-electron chi connectivity index (χ2n) is 6.38. The first kappa shape index (κ1) is 16.7. The number of carbonyl (C=O) groups excluding carboxylic acids is 1. The molecular formula is C20H24N2O2. The number of morpholine rings is 1. The molecule has 1 saturated heterocycles. The molecule has 2 aromatic rings. The van der Waals surface area contributed by atoms with Gasteiger partial charge in [-0.25, -0.2) is 0 Å². The molecular weight excluding hydrogens is 300 g/mol. The Kier molecular flexibility index (Phi) is 5.28. The summed E-state index contributed by atoms with van der Waals surface area (Å²) in [6, 6.07) is 19.2. The van der Waals surface area contributed by atoms with E-state index < -0.39 is 0 Å². The van der Waals surface area contributed by atoms with Crippen molar-refractivity contribution < 1.29 is 9.53 Å².